The highest BCUT2D eigenvalue weighted by molar-refractivity contribution is 7.92. The Morgan fingerprint density at radius 3 is 2.76 bits per heavy atom. The van der Waals surface area contributed by atoms with Crippen LogP contribution in [0.5, 0.6) is 5.88 Å². The highest BCUT2D eigenvalue weighted by Crippen LogP contribution is 2.30. The van der Waals surface area contributed by atoms with Gasteiger partial charge in [-0.1, -0.05) is 6.07 Å². The zero-order chi connectivity index (χ0) is 21.2. The number of alkyl halides is 3. The van der Waals surface area contributed by atoms with Crippen LogP contribution in [0.1, 0.15) is 21.5 Å². The lowest BCUT2D eigenvalue weighted by Crippen LogP contribution is -2.27. The van der Waals surface area contributed by atoms with Crippen molar-refractivity contribution < 1.29 is 31.1 Å². The molecule has 0 aliphatic carbocycles. The Morgan fingerprint density at radius 2 is 2.07 bits per heavy atom. The van der Waals surface area contributed by atoms with Crippen molar-refractivity contribution in [2.24, 2.45) is 0 Å². The number of nitrogens with one attached hydrogen (secondary N) is 1. The van der Waals surface area contributed by atoms with E-state index in [0.717, 1.165) is 11.8 Å². The average molecular weight is 429 g/mol. The molecule has 0 spiro atoms. The van der Waals surface area contributed by atoms with Gasteiger partial charge in [-0.15, -0.1) is 0 Å². The SMILES string of the molecule is CS(=O)(=O)N1CCc2cc(C(=O)NCc3cccnc3OCC(F)(F)F)ccc21. The molecule has 1 aliphatic rings. The van der Waals surface area contributed by atoms with Crippen molar-refractivity contribution in [3.63, 3.8) is 0 Å². The van der Waals surface area contributed by atoms with Crippen LogP contribution in [0.4, 0.5) is 18.9 Å². The number of fused-ring (bicyclic) bond motifs is 1. The molecule has 2 heterocycles. The molecule has 0 radical (unpaired) electrons. The maximum atomic E-state index is 12.4. The molecule has 7 nitrogen and oxygen atoms in total. The Kier molecular flexibility index (Phi) is 5.69. The summed E-state index contributed by atoms with van der Waals surface area (Å²) in [7, 11) is -3.38. The minimum absolute atomic E-state index is 0.0770. The molecule has 0 bridgehead atoms. The van der Waals surface area contributed by atoms with E-state index in [1.165, 1.54) is 28.7 Å². The first-order valence-corrected chi connectivity index (χ1v) is 10.4. The highest BCUT2D eigenvalue weighted by Gasteiger charge is 2.29. The summed E-state index contributed by atoms with van der Waals surface area (Å²) in [5.74, 6) is -0.654. The van der Waals surface area contributed by atoms with Crippen molar-refractivity contribution in [2.45, 2.75) is 19.1 Å². The number of hydrogen-bond acceptors (Lipinski definition) is 5. The molecule has 11 heteroatoms. The van der Waals surface area contributed by atoms with Crippen LogP contribution in [0, 0.1) is 0 Å². The molecule has 1 aromatic carbocycles. The number of hydrogen-bond donors (Lipinski definition) is 1. The van der Waals surface area contributed by atoms with Crippen LogP contribution < -0.4 is 14.4 Å². The molecule has 1 aliphatic heterocycles. The second-order valence-corrected chi connectivity index (χ2v) is 8.39. The predicted octanol–water partition coefficient (Wildman–Crippen LogP) is 2.27. The van der Waals surface area contributed by atoms with E-state index in [1.54, 1.807) is 12.1 Å². The molecule has 0 saturated heterocycles. The van der Waals surface area contributed by atoms with Gasteiger partial charge in [0, 0.05) is 30.4 Å². The molecule has 1 amide bonds. The number of carbonyl (C=O) groups is 1. The highest BCUT2D eigenvalue weighted by atomic mass is 32.2. The van der Waals surface area contributed by atoms with Gasteiger partial charge < -0.3 is 10.1 Å². The first kappa shape index (κ1) is 20.9. The van der Waals surface area contributed by atoms with Gasteiger partial charge in [-0.3, -0.25) is 9.10 Å². The van der Waals surface area contributed by atoms with Crippen LogP contribution in [-0.4, -0.2) is 44.9 Å². The quantitative estimate of drug-likeness (QED) is 0.761. The van der Waals surface area contributed by atoms with Gasteiger partial charge in [0.2, 0.25) is 15.9 Å². The van der Waals surface area contributed by atoms with Crippen LogP contribution in [0.3, 0.4) is 0 Å². The molecule has 0 fully saturated rings. The van der Waals surface area contributed by atoms with Crippen LogP contribution in [0.2, 0.25) is 0 Å². The van der Waals surface area contributed by atoms with Crippen molar-refractivity contribution in [1.29, 1.82) is 0 Å². The largest absolute Gasteiger partial charge is 0.468 e. The van der Waals surface area contributed by atoms with E-state index in [2.05, 4.69) is 10.3 Å². The number of ether oxygens (including phenoxy) is 1. The summed E-state index contributed by atoms with van der Waals surface area (Å²) in [4.78, 5) is 16.2. The second kappa shape index (κ2) is 7.90. The Morgan fingerprint density at radius 1 is 1.31 bits per heavy atom. The number of benzene rings is 1. The summed E-state index contributed by atoms with van der Waals surface area (Å²) in [6.45, 7) is -1.24. The fourth-order valence-corrected chi connectivity index (χ4v) is 3.93. The molecular formula is C18H18F3N3O4S. The Hall–Kier alpha value is -2.82. The number of aromatic nitrogens is 1. The number of sulfonamides is 1. The number of nitrogens with zero attached hydrogens (tertiary/aromatic N) is 2. The standard InChI is InChI=1S/C18H18F3N3O4S/c1-29(26,27)24-8-6-12-9-13(4-5-15(12)24)16(25)23-10-14-3-2-7-22-17(14)28-11-18(19,20)21/h2-5,7,9H,6,8,10-11H2,1H3,(H,23,25). The summed E-state index contributed by atoms with van der Waals surface area (Å²) < 4.78 is 66.6. The molecule has 156 valence electrons. The topological polar surface area (TPSA) is 88.6 Å². The number of pyridine rings is 1. The molecule has 0 atom stereocenters. The fourth-order valence-electron chi connectivity index (χ4n) is 2.97. The van der Waals surface area contributed by atoms with Gasteiger partial charge in [-0.25, -0.2) is 13.4 Å². The molecule has 0 saturated carbocycles. The normalized spacial score (nSPS) is 13.9. The minimum Gasteiger partial charge on any atom is -0.468 e. The van der Waals surface area contributed by atoms with Crippen LogP contribution in [0.15, 0.2) is 36.5 Å². The average Bonchev–Trinajstić information content (AvgIpc) is 3.08. The minimum atomic E-state index is -4.50. The first-order chi connectivity index (χ1) is 13.5. The van der Waals surface area contributed by atoms with Crippen LogP contribution in [-0.2, 0) is 23.0 Å². The van der Waals surface area contributed by atoms with Crippen molar-refractivity contribution in [2.75, 3.05) is 23.7 Å². The van der Waals surface area contributed by atoms with Gasteiger partial charge in [0.1, 0.15) is 0 Å². The number of anilines is 1. The summed E-state index contributed by atoms with van der Waals surface area (Å²) in [5.41, 5.74) is 1.90. The maximum absolute atomic E-state index is 12.4. The van der Waals surface area contributed by atoms with Gasteiger partial charge >= 0.3 is 6.18 Å². The zero-order valence-corrected chi connectivity index (χ0v) is 16.2. The fraction of sp³-hybridized carbons (Fsp3) is 0.333. The van der Waals surface area contributed by atoms with E-state index >= 15 is 0 Å². The summed E-state index contributed by atoms with van der Waals surface area (Å²) in [6.07, 6.45) is -1.59. The molecule has 29 heavy (non-hydrogen) atoms. The van der Waals surface area contributed by atoms with Gasteiger partial charge in [0.25, 0.3) is 5.91 Å². The molecular weight excluding hydrogens is 411 g/mol. The van der Waals surface area contributed by atoms with E-state index in [0.29, 0.717) is 29.8 Å². The third-order valence-electron chi connectivity index (χ3n) is 4.26. The van der Waals surface area contributed by atoms with E-state index < -0.39 is 28.7 Å². The van der Waals surface area contributed by atoms with Gasteiger partial charge in [-0.05, 0) is 36.2 Å². The number of carbonyl (C=O) groups excluding carboxylic acids is 1. The summed E-state index contributed by atoms with van der Waals surface area (Å²) >= 11 is 0. The predicted molar refractivity (Wildman–Crippen MR) is 99.3 cm³/mol. The third kappa shape index (κ3) is 5.17. The molecule has 1 N–H and O–H groups in total. The van der Waals surface area contributed by atoms with Crippen molar-refractivity contribution >= 4 is 21.6 Å². The zero-order valence-electron chi connectivity index (χ0n) is 15.4. The number of rotatable bonds is 6. The molecule has 2 aromatic rings. The lowest BCUT2D eigenvalue weighted by Gasteiger charge is -2.16. The summed E-state index contributed by atoms with van der Waals surface area (Å²) in [5, 5.41) is 2.61. The first-order valence-electron chi connectivity index (χ1n) is 8.57. The lowest BCUT2D eigenvalue weighted by molar-refractivity contribution is -0.154. The van der Waals surface area contributed by atoms with Crippen LogP contribution in [0.25, 0.3) is 0 Å². The third-order valence-corrected chi connectivity index (χ3v) is 5.44. The maximum Gasteiger partial charge on any atom is 0.422 e. The summed E-state index contributed by atoms with van der Waals surface area (Å²) in [6, 6.07) is 7.71. The smallest absolute Gasteiger partial charge is 0.422 e. The number of halogens is 3. The van der Waals surface area contributed by atoms with E-state index in [4.69, 9.17) is 4.74 Å². The Bertz CT molecular complexity index is 1030. The van der Waals surface area contributed by atoms with Gasteiger partial charge in [0.05, 0.1) is 11.9 Å². The molecule has 0 unspecified atom stereocenters. The van der Waals surface area contributed by atoms with Gasteiger partial charge in [-0.2, -0.15) is 13.2 Å². The number of amides is 1. The van der Waals surface area contributed by atoms with Crippen molar-refractivity contribution in [3.8, 4) is 5.88 Å². The Labute approximate surface area is 165 Å². The monoisotopic (exact) mass is 429 g/mol. The van der Waals surface area contributed by atoms with Crippen molar-refractivity contribution in [3.05, 3.63) is 53.2 Å². The second-order valence-electron chi connectivity index (χ2n) is 6.48. The molecule has 1 aromatic heterocycles. The van der Waals surface area contributed by atoms with E-state index in [9.17, 15) is 26.4 Å². The van der Waals surface area contributed by atoms with E-state index in [1.807, 2.05) is 0 Å². The van der Waals surface area contributed by atoms with E-state index in [-0.39, 0.29) is 12.4 Å². The lowest BCUT2D eigenvalue weighted by atomic mass is 10.1. The molecule has 3 rings (SSSR count). The van der Waals surface area contributed by atoms with Crippen LogP contribution >= 0.6 is 0 Å². The Balaban J connectivity index is 1.68. The van der Waals surface area contributed by atoms with Crippen molar-refractivity contribution in [1.82, 2.24) is 10.3 Å². The van der Waals surface area contributed by atoms with Gasteiger partial charge in [0.15, 0.2) is 6.61 Å².